The van der Waals surface area contributed by atoms with E-state index in [0.29, 0.717) is 15.6 Å². The third kappa shape index (κ3) is 2.69. The summed E-state index contributed by atoms with van der Waals surface area (Å²) in [5.74, 6) is 0.730. The molecule has 1 aromatic carbocycles. The first-order chi connectivity index (χ1) is 11.2. The van der Waals surface area contributed by atoms with Crippen molar-refractivity contribution < 1.29 is 0 Å². The lowest BCUT2D eigenvalue weighted by atomic mass is 10.2. The highest BCUT2D eigenvalue weighted by molar-refractivity contribution is 7.19. The number of hydrazone groups is 1. The Morgan fingerprint density at radius 1 is 1.17 bits per heavy atom. The summed E-state index contributed by atoms with van der Waals surface area (Å²) in [6.07, 6.45) is 6.59. The smallest absolute Gasteiger partial charge is 0.158 e. The van der Waals surface area contributed by atoms with Crippen LogP contribution in [0.5, 0.6) is 0 Å². The second-order valence-corrected chi connectivity index (χ2v) is 7.16. The summed E-state index contributed by atoms with van der Waals surface area (Å²) in [7, 11) is 0. The highest BCUT2D eigenvalue weighted by Gasteiger charge is 2.20. The van der Waals surface area contributed by atoms with Gasteiger partial charge in [-0.3, -0.25) is 5.43 Å². The van der Waals surface area contributed by atoms with Gasteiger partial charge in [0.1, 0.15) is 11.2 Å². The van der Waals surface area contributed by atoms with Gasteiger partial charge in [0, 0.05) is 10.4 Å². The van der Waals surface area contributed by atoms with E-state index in [2.05, 4.69) is 20.5 Å². The van der Waals surface area contributed by atoms with Gasteiger partial charge in [-0.1, -0.05) is 29.3 Å². The van der Waals surface area contributed by atoms with Crippen LogP contribution in [0, 0.1) is 0 Å². The van der Waals surface area contributed by atoms with Gasteiger partial charge in [-0.15, -0.1) is 11.3 Å². The van der Waals surface area contributed by atoms with Crippen LogP contribution in [-0.4, -0.2) is 16.2 Å². The number of halogens is 2. The zero-order valence-electron chi connectivity index (χ0n) is 12.0. The highest BCUT2D eigenvalue weighted by atomic mass is 35.5. The molecule has 116 valence electrons. The van der Waals surface area contributed by atoms with Crippen molar-refractivity contribution in [1.82, 2.24) is 9.97 Å². The molecule has 7 heteroatoms. The minimum Gasteiger partial charge on any atom is -0.261 e. The molecule has 0 saturated heterocycles. The molecule has 4 nitrogen and oxygen atoms in total. The van der Waals surface area contributed by atoms with Crippen LogP contribution in [0.25, 0.3) is 10.2 Å². The lowest BCUT2D eigenvalue weighted by Crippen LogP contribution is -1.96. The van der Waals surface area contributed by atoms with Gasteiger partial charge in [-0.25, -0.2) is 9.97 Å². The van der Waals surface area contributed by atoms with Crippen molar-refractivity contribution in [3.8, 4) is 0 Å². The van der Waals surface area contributed by atoms with Crippen molar-refractivity contribution in [3.05, 3.63) is 50.6 Å². The van der Waals surface area contributed by atoms with Gasteiger partial charge in [-0.2, -0.15) is 5.10 Å². The molecule has 4 rings (SSSR count). The van der Waals surface area contributed by atoms with E-state index < -0.39 is 0 Å². The Balaban J connectivity index is 1.67. The molecule has 2 aromatic heterocycles. The number of aryl methyl sites for hydroxylation is 2. The van der Waals surface area contributed by atoms with E-state index in [1.807, 2.05) is 0 Å². The Morgan fingerprint density at radius 3 is 2.83 bits per heavy atom. The van der Waals surface area contributed by atoms with Gasteiger partial charge >= 0.3 is 0 Å². The van der Waals surface area contributed by atoms with Crippen molar-refractivity contribution in [2.24, 2.45) is 5.10 Å². The molecular weight excluding hydrogens is 351 g/mol. The quantitative estimate of drug-likeness (QED) is 0.530. The van der Waals surface area contributed by atoms with Crippen LogP contribution in [-0.2, 0) is 12.8 Å². The second kappa shape index (κ2) is 6.07. The lowest BCUT2D eigenvalue weighted by molar-refractivity contribution is 0.917. The average molecular weight is 363 g/mol. The summed E-state index contributed by atoms with van der Waals surface area (Å²) >= 11 is 14.0. The van der Waals surface area contributed by atoms with Crippen LogP contribution < -0.4 is 5.43 Å². The largest absolute Gasteiger partial charge is 0.261 e. The minimum atomic E-state index is 0.562. The Hall–Kier alpha value is -1.69. The van der Waals surface area contributed by atoms with Crippen LogP contribution in [0.4, 0.5) is 5.82 Å². The molecule has 2 heterocycles. The molecule has 1 aliphatic carbocycles. The van der Waals surface area contributed by atoms with Crippen molar-refractivity contribution in [3.63, 3.8) is 0 Å². The van der Waals surface area contributed by atoms with Crippen LogP contribution in [0.2, 0.25) is 10.0 Å². The Kier molecular flexibility index (Phi) is 3.93. The summed E-state index contributed by atoms with van der Waals surface area (Å²) in [4.78, 5) is 11.1. The number of anilines is 1. The highest BCUT2D eigenvalue weighted by Crippen LogP contribution is 2.39. The number of thiophene rings is 1. The van der Waals surface area contributed by atoms with Crippen LogP contribution in [0.1, 0.15) is 22.4 Å². The summed E-state index contributed by atoms with van der Waals surface area (Å²) in [6, 6.07) is 5.37. The summed E-state index contributed by atoms with van der Waals surface area (Å²) in [6.45, 7) is 0. The van der Waals surface area contributed by atoms with Crippen LogP contribution >= 0.6 is 34.5 Å². The fourth-order valence-corrected chi connectivity index (χ4v) is 4.53. The van der Waals surface area contributed by atoms with Gasteiger partial charge in [-0.05, 0) is 37.0 Å². The molecule has 0 fully saturated rings. The van der Waals surface area contributed by atoms with Crippen molar-refractivity contribution in [1.29, 1.82) is 0 Å². The number of aromatic nitrogens is 2. The molecule has 0 bridgehead atoms. The van der Waals surface area contributed by atoms with E-state index >= 15 is 0 Å². The molecule has 3 aromatic rings. The third-order valence-electron chi connectivity index (χ3n) is 3.87. The van der Waals surface area contributed by atoms with E-state index in [1.54, 1.807) is 42.1 Å². The Morgan fingerprint density at radius 2 is 2.00 bits per heavy atom. The Bertz CT molecular complexity index is 900. The molecule has 0 aliphatic heterocycles. The number of nitrogens with one attached hydrogen (secondary N) is 1. The zero-order valence-corrected chi connectivity index (χ0v) is 14.3. The number of fused-ring (bicyclic) bond motifs is 3. The third-order valence-corrected chi connectivity index (χ3v) is 5.72. The summed E-state index contributed by atoms with van der Waals surface area (Å²) < 4.78 is 0. The van der Waals surface area contributed by atoms with Gasteiger partial charge in [0.25, 0.3) is 0 Å². The Labute approximate surface area is 147 Å². The SMILES string of the molecule is Clc1cccc(Cl)c1/C=N\Nc1ncnc2sc3c(c12)CCC3. The average Bonchev–Trinajstić information content (AvgIpc) is 3.11. The number of hydrogen-bond acceptors (Lipinski definition) is 5. The maximum atomic E-state index is 6.14. The van der Waals surface area contributed by atoms with Crippen molar-refractivity contribution in [2.45, 2.75) is 19.3 Å². The van der Waals surface area contributed by atoms with Crippen molar-refractivity contribution in [2.75, 3.05) is 5.43 Å². The van der Waals surface area contributed by atoms with E-state index in [9.17, 15) is 0 Å². The molecular formula is C16H12Cl2N4S. The molecule has 0 spiro atoms. The van der Waals surface area contributed by atoms with Gasteiger partial charge in [0.15, 0.2) is 5.82 Å². The summed E-state index contributed by atoms with van der Waals surface area (Å²) in [5, 5.41) is 6.47. The molecule has 1 aliphatic rings. The molecule has 0 amide bonds. The number of nitrogens with zero attached hydrogens (tertiary/aromatic N) is 3. The predicted octanol–water partition coefficient (Wildman–Crippen LogP) is 4.93. The van der Waals surface area contributed by atoms with Gasteiger partial charge in [0.2, 0.25) is 0 Å². The number of rotatable bonds is 3. The van der Waals surface area contributed by atoms with E-state index in [4.69, 9.17) is 23.2 Å². The second-order valence-electron chi connectivity index (χ2n) is 5.27. The first-order valence-electron chi connectivity index (χ1n) is 7.22. The monoisotopic (exact) mass is 362 g/mol. The molecule has 23 heavy (non-hydrogen) atoms. The van der Waals surface area contributed by atoms with E-state index in [0.717, 1.165) is 28.9 Å². The van der Waals surface area contributed by atoms with Gasteiger partial charge in [0.05, 0.1) is 21.6 Å². The van der Waals surface area contributed by atoms with E-state index in [-0.39, 0.29) is 0 Å². The van der Waals surface area contributed by atoms with Gasteiger partial charge < -0.3 is 0 Å². The standard InChI is InChI=1S/C16H12Cl2N4S/c17-11-4-2-5-12(18)10(11)7-21-22-15-14-9-3-1-6-13(9)23-16(14)20-8-19-15/h2,4-5,7-8H,1,3,6H2,(H,19,20,22)/b21-7-. The first-order valence-corrected chi connectivity index (χ1v) is 8.79. The fraction of sp³-hybridized carbons (Fsp3) is 0.188. The molecule has 0 unspecified atom stereocenters. The zero-order chi connectivity index (χ0) is 15.8. The number of benzene rings is 1. The maximum absolute atomic E-state index is 6.14. The molecule has 0 atom stereocenters. The fourth-order valence-electron chi connectivity index (χ4n) is 2.81. The van der Waals surface area contributed by atoms with Crippen LogP contribution in [0.3, 0.4) is 0 Å². The molecule has 0 radical (unpaired) electrons. The predicted molar refractivity (Wildman–Crippen MR) is 97.1 cm³/mol. The van der Waals surface area contributed by atoms with Crippen LogP contribution in [0.15, 0.2) is 29.6 Å². The van der Waals surface area contributed by atoms with Crippen molar-refractivity contribution >= 4 is 56.8 Å². The first kappa shape index (κ1) is 14.9. The topological polar surface area (TPSA) is 50.2 Å². The normalized spacial score (nSPS) is 13.8. The number of hydrogen-bond donors (Lipinski definition) is 1. The molecule has 1 N–H and O–H groups in total. The molecule has 0 saturated carbocycles. The maximum Gasteiger partial charge on any atom is 0.158 e. The lowest BCUT2D eigenvalue weighted by Gasteiger charge is -2.04. The summed E-state index contributed by atoms with van der Waals surface area (Å²) in [5.41, 5.74) is 5.06. The minimum absolute atomic E-state index is 0.562. The van der Waals surface area contributed by atoms with E-state index in [1.165, 1.54) is 16.9 Å².